The minimum Gasteiger partial charge on any atom is -0.310 e. The minimum absolute atomic E-state index is 0.259. The van der Waals surface area contributed by atoms with Crippen molar-refractivity contribution in [2.75, 3.05) is 4.90 Å². The van der Waals surface area contributed by atoms with Crippen LogP contribution >= 0.6 is 0 Å². The highest BCUT2D eigenvalue weighted by Gasteiger charge is 2.19. The van der Waals surface area contributed by atoms with Crippen molar-refractivity contribution in [2.45, 2.75) is 6.92 Å². The van der Waals surface area contributed by atoms with Gasteiger partial charge in [0.25, 0.3) is 0 Å². The summed E-state index contributed by atoms with van der Waals surface area (Å²) < 4.78 is 16.6. The van der Waals surface area contributed by atoms with Gasteiger partial charge in [-0.1, -0.05) is 115 Å². The van der Waals surface area contributed by atoms with E-state index >= 15 is 0 Å². The highest BCUT2D eigenvalue weighted by atomic mass is 19.1. The van der Waals surface area contributed by atoms with Gasteiger partial charge in [-0.2, -0.15) is 0 Å². The van der Waals surface area contributed by atoms with E-state index in [0.29, 0.717) is 0 Å². The second kappa shape index (κ2) is 12.2. The molecule has 0 aliphatic heterocycles. The van der Waals surface area contributed by atoms with Crippen molar-refractivity contribution in [3.05, 3.63) is 193 Å². The van der Waals surface area contributed by atoms with E-state index in [-0.39, 0.29) is 5.82 Å². The van der Waals surface area contributed by atoms with Gasteiger partial charge in [-0.05, 0) is 112 Å². The Labute approximate surface area is 290 Å². The fourth-order valence-corrected chi connectivity index (χ4v) is 7.50. The molecule has 3 heteroatoms. The topological polar surface area (TPSA) is 8.17 Å². The van der Waals surface area contributed by atoms with Gasteiger partial charge in [0.2, 0.25) is 0 Å². The molecule has 9 rings (SSSR count). The molecule has 0 saturated heterocycles. The summed E-state index contributed by atoms with van der Waals surface area (Å²) in [6.45, 7) is 2.16. The third-order valence-corrected chi connectivity index (χ3v) is 9.75. The number of rotatable bonds is 6. The second-order valence-corrected chi connectivity index (χ2v) is 12.8. The lowest BCUT2D eigenvalue weighted by Gasteiger charge is -2.28. The van der Waals surface area contributed by atoms with Crippen LogP contribution in [0.1, 0.15) is 5.56 Å². The average molecular weight is 645 g/mol. The lowest BCUT2D eigenvalue weighted by molar-refractivity contribution is 0.628. The first kappa shape index (κ1) is 29.7. The number of aryl methyl sites for hydroxylation is 1. The van der Waals surface area contributed by atoms with Crippen molar-refractivity contribution in [3.8, 4) is 27.9 Å². The van der Waals surface area contributed by atoms with Gasteiger partial charge in [0.1, 0.15) is 5.82 Å². The van der Waals surface area contributed by atoms with E-state index in [2.05, 4.69) is 174 Å². The highest BCUT2D eigenvalue weighted by molar-refractivity contribution is 6.09. The lowest BCUT2D eigenvalue weighted by Crippen LogP contribution is -2.12. The first-order valence-electron chi connectivity index (χ1n) is 17.0. The van der Waals surface area contributed by atoms with Crippen LogP contribution in [0.2, 0.25) is 0 Å². The number of hydrogen-bond donors (Lipinski definition) is 0. The molecule has 9 aromatic rings. The summed E-state index contributed by atoms with van der Waals surface area (Å²) in [7, 11) is 0. The summed E-state index contributed by atoms with van der Waals surface area (Å²) in [4.78, 5) is 2.23. The van der Waals surface area contributed by atoms with Crippen LogP contribution in [0.25, 0.3) is 60.5 Å². The van der Waals surface area contributed by atoms with Crippen LogP contribution in [0.3, 0.4) is 0 Å². The summed E-state index contributed by atoms with van der Waals surface area (Å²) in [6, 6.07) is 62.9. The number of hydrogen-bond acceptors (Lipinski definition) is 1. The van der Waals surface area contributed by atoms with Crippen LogP contribution in [0, 0.1) is 12.7 Å². The van der Waals surface area contributed by atoms with Crippen LogP contribution < -0.4 is 4.90 Å². The molecular formula is C47H33FN2. The van der Waals surface area contributed by atoms with Gasteiger partial charge < -0.3 is 9.47 Å². The van der Waals surface area contributed by atoms with E-state index in [1.54, 1.807) is 0 Å². The molecule has 2 nitrogen and oxygen atoms in total. The van der Waals surface area contributed by atoms with E-state index in [9.17, 15) is 4.39 Å². The third-order valence-electron chi connectivity index (χ3n) is 9.75. The maximum atomic E-state index is 14.3. The van der Waals surface area contributed by atoms with E-state index in [0.717, 1.165) is 44.9 Å². The molecule has 0 radical (unpaired) electrons. The largest absolute Gasteiger partial charge is 0.310 e. The average Bonchev–Trinajstić information content (AvgIpc) is 3.51. The molecular weight excluding hydrogens is 612 g/mol. The fourth-order valence-electron chi connectivity index (χ4n) is 7.50. The number of para-hydroxylation sites is 2. The Morgan fingerprint density at radius 3 is 1.78 bits per heavy atom. The Kier molecular flexibility index (Phi) is 7.25. The van der Waals surface area contributed by atoms with Crippen LogP contribution in [0.15, 0.2) is 182 Å². The number of fused-ring (bicyclic) bond motifs is 4. The molecule has 0 unspecified atom stereocenters. The maximum Gasteiger partial charge on any atom is 0.123 e. The zero-order valence-corrected chi connectivity index (χ0v) is 27.6. The molecule has 0 aliphatic carbocycles. The third kappa shape index (κ3) is 5.03. The van der Waals surface area contributed by atoms with Crippen molar-refractivity contribution in [1.82, 2.24) is 4.57 Å². The second-order valence-electron chi connectivity index (χ2n) is 12.8. The van der Waals surface area contributed by atoms with Gasteiger partial charge in [0, 0.05) is 33.5 Å². The van der Waals surface area contributed by atoms with Crippen molar-refractivity contribution in [3.63, 3.8) is 0 Å². The predicted molar refractivity (Wildman–Crippen MR) is 209 cm³/mol. The first-order valence-corrected chi connectivity index (χ1v) is 17.0. The van der Waals surface area contributed by atoms with Gasteiger partial charge in [-0.25, -0.2) is 4.39 Å². The predicted octanol–water partition coefficient (Wildman–Crippen LogP) is 13.2. The van der Waals surface area contributed by atoms with Crippen molar-refractivity contribution in [2.24, 2.45) is 0 Å². The van der Waals surface area contributed by atoms with Crippen LogP contribution in [0.5, 0.6) is 0 Å². The smallest absolute Gasteiger partial charge is 0.123 e. The Hall–Kier alpha value is -6.45. The quantitative estimate of drug-likeness (QED) is 0.175. The molecule has 0 fully saturated rings. The van der Waals surface area contributed by atoms with Gasteiger partial charge in [-0.15, -0.1) is 0 Å². The van der Waals surface area contributed by atoms with Gasteiger partial charge in [0.05, 0.1) is 11.0 Å². The zero-order chi connectivity index (χ0) is 33.6. The van der Waals surface area contributed by atoms with Crippen molar-refractivity contribution < 1.29 is 4.39 Å². The van der Waals surface area contributed by atoms with Gasteiger partial charge in [0.15, 0.2) is 0 Å². The van der Waals surface area contributed by atoms with E-state index < -0.39 is 0 Å². The minimum atomic E-state index is -0.259. The molecule has 0 spiro atoms. The summed E-state index contributed by atoms with van der Waals surface area (Å²) in [6.07, 6.45) is 0. The Morgan fingerprint density at radius 1 is 0.480 bits per heavy atom. The number of nitrogens with zero attached hydrogens (tertiary/aromatic N) is 2. The Bertz CT molecular complexity index is 2610. The van der Waals surface area contributed by atoms with E-state index in [1.807, 2.05) is 12.1 Å². The lowest BCUT2D eigenvalue weighted by atomic mass is 9.91. The standard InChI is InChI=1S/C47H33FN2/c1-32-30-35(41-21-10-15-34-14-9-20-40(47(34)41)33-12-3-2-4-13-33)24-29-44(32)49(37-27-25-36(48)26-28-37)38-16-11-17-39(31-38)50-45-22-7-5-18-42(45)43-19-6-8-23-46(43)50/h2-31H,1H3. The number of aromatic nitrogens is 1. The van der Waals surface area contributed by atoms with Gasteiger partial charge >= 0.3 is 0 Å². The summed E-state index contributed by atoms with van der Waals surface area (Å²) in [5, 5.41) is 4.89. The molecule has 238 valence electrons. The molecule has 1 aromatic heterocycles. The first-order chi connectivity index (χ1) is 24.6. The number of benzene rings is 8. The Balaban J connectivity index is 1.20. The maximum absolute atomic E-state index is 14.3. The number of halogens is 1. The molecule has 0 N–H and O–H groups in total. The fraction of sp³-hybridized carbons (Fsp3) is 0.0213. The normalized spacial score (nSPS) is 11.4. The van der Waals surface area contributed by atoms with Crippen LogP contribution in [0.4, 0.5) is 21.5 Å². The molecule has 0 aliphatic rings. The van der Waals surface area contributed by atoms with E-state index in [4.69, 9.17) is 0 Å². The summed E-state index contributed by atoms with van der Waals surface area (Å²) in [5.74, 6) is -0.259. The summed E-state index contributed by atoms with van der Waals surface area (Å²) >= 11 is 0. The molecule has 0 amide bonds. The molecule has 1 heterocycles. The molecule has 0 atom stereocenters. The molecule has 50 heavy (non-hydrogen) atoms. The van der Waals surface area contributed by atoms with Crippen molar-refractivity contribution >= 4 is 49.6 Å². The van der Waals surface area contributed by atoms with Crippen LogP contribution in [-0.4, -0.2) is 4.57 Å². The summed E-state index contributed by atoms with van der Waals surface area (Å²) in [5.41, 5.74) is 12.2. The zero-order valence-electron chi connectivity index (χ0n) is 27.6. The highest BCUT2D eigenvalue weighted by Crippen LogP contribution is 2.42. The molecule has 0 bridgehead atoms. The van der Waals surface area contributed by atoms with Crippen molar-refractivity contribution in [1.29, 1.82) is 0 Å². The SMILES string of the molecule is Cc1cc(-c2cccc3cccc(-c4ccccc4)c23)ccc1N(c1ccc(F)cc1)c1cccc(-n2c3ccccc3c3ccccc32)c1. The number of anilines is 3. The Morgan fingerprint density at radius 2 is 1.10 bits per heavy atom. The van der Waals surface area contributed by atoms with Crippen LogP contribution in [-0.2, 0) is 0 Å². The molecule has 8 aromatic carbocycles. The van der Waals surface area contributed by atoms with Gasteiger partial charge in [-0.3, -0.25) is 0 Å². The van der Waals surface area contributed by atoms with E-state index in [1.165, 1.54) is 50.4 Å². The molecule has 0 saturated carbocycles. The monoisotopic (exact) mass is 644 g/mol.